The maximum atomic E-state index is 12.7. The van der Waals surface area contributed by atoms with E-state index >= 15 is 0 Å². The number of benzene rings is 1. The summed E-state index contributed by atoms with van der Waals surface area (Å²) in [5, 5.41) is 7.82. The first kappa shape index (κ1) is 14.3. The number of pyridine rings is 1. The predicted molar refractivity (Wildman–Crippen MR) is 85.6 cm³/mol. The number of carbonyl (C=O) groups is 1. The number of rotatable bonds is 3. The van der Waals surface area contributed by atoms with Crippen molar-refractivity contribution in [3.8, 4) is 0 Å². The van der Waals surface area contributed by atoms with Crippen LogP contribution in [0.1, 0.15) is 19.8 Å². The Hall–Kier alpha value is -1.65. The molecule has 1 fully saturated rings. The average Bonchev–Trinajstić information content (AvgIpc) is 3.00. The van der Waals surface area contributed by atoms with Gasteiger partial charge in [-0.25, -0.2) is 0 Å². The third-order valence-corrected chi connectivity index (χ3v) is 4.68. The van der Waals surface area contributed by atoms with Crippen molar-refractivity contribution in [1.29, 1.82) is 0 Å². The quantitative estimate of drug-likeness (QED) is 0.915. The monoisotopic (exact) mass is 303 g/mol. The van der Waals surface area contributed by atoms with Crippen LogP contribution < -0.4 is 10.6 Å². The highest BCUT2D eigenvalue weighted by atomic mass is 35.5. The van der Waals surface area contributed by atoms with Crippen LogP contribution in [-0.4, -0.2) is 24.0 Å². The van der Waals surface area contributed by atoms with Crippen molar-refractivity contribution in [3.05, 3.63) is 35.5 Å². The lowest BCUT2D eigenvalue weighted by Gasteiger charge is -2.25. The van der Waals surface area contributed by atoms with Crippen molar-refractivity contribution in [2.45, 2.75) is 19.8 Å². The van der Waals surface area contributed by atoms with Gasteiger partial charge < -0.3 is 10.6 Å². The van der Waals surface area contributed by atoms with E-state index in [-0.39, 0.29) is 11.3 Å². The Morgan fingerprint density at radius 1 is 1.48 bits per heavy atom. The molecule has 1 saturated heterocycles. The molecule has 5 heteroatoms. The van der Waals surface area contributed by atoms with Gasteiger partial charge in [0.2, 0.25) is 5.91 Å². The molecule has 0 aliphatic carbocycles. The number of hydrogen-bond donors (Lipinski definition) is 2. The maximum absolute atomic E-state index is 12.7. The van der Waals surface area contributed by atoms with E-state index in [4.69, 9.17) is 11.6 Å². The summed E-state index contributed by atoms with van der Waals surface area (Å²) in [6.07, 6.45) is 3.41. The van der Waals surface area contributed by atoms with E-state index in [2.05, 4.69) is 22.5 Å². The molecule has 1 aliphatic rings. The first-order chi connectivity index (χ1) is 10.2. The lowest BCUT2D eigenvalue weighted by Crippen LogP contribution is -2.37. The molecule has 1 aromatic heterocycles. The van der Waals surface area contributed by atoms with Gasteiger partial charge in [-0.1, -0.05) is 18.5 Å². The van der Waals surface area contributed by atoms with Gasteiger partial charge >= 0.3 is 0 Å². The molecule has 0 radical (unpaired) electrons. The molecule has 2 aromatic rings. The first-order valence-corrected chi connectivity index (χ1v) is 7.59. The standard InChI is InChI=1S/C16H18ClN3O/c1-2-16(7-9-18-10-16)15(21)20-13-6-5-12(17)14-11(13)4-3-8-19-14/h3-6,8,18H,2,7,9-10H2,1H3,(H,20,21). The highest BCUT2D eigenvalue weighted by Crippen LogP contribution is 2.33. The maximum Gasteiger partial charge on any atom is 0.231 e. The Kier molecular flexibility index (Phi) is 3.83. The molecule has 3 rings (SSSR count). The molecule has 2 N–H and O–H groups in total. The fourth-order valence-corrected chi connectivity index (χ4v) is 3.12. The number of hydrogen-bond acceptors (Lipinski definition) is 3. The molecule has 21 heavy (non-hydrogen) atoms. The first-order valence-electron chi connectivity index (χ1n) is 7.22. The van der Waals surface area contributed by atoms with E-state index in [1.54, 1.807) is 12.3 Å². The number of halogens is 1. The minimum absolute atomic E-state index is 0.0717. The summed E-state index contributed by atoms with van der Waals surface area (Å²) in [7, 11) is 0. The molecule has 110 valence electrons. The number of nitrogens with zero attached hydrogens (tertiary/aromatic N) is 1. The van der Waals surface area contributed by atoms with Crippen LogP contribution in [0.15, 0.2) is 30.5 Å². The van der Waals surface area contributed by atoms with Crippen molar-refractivity contribution in [2.24, 2.45) is 5.41 Å². The van der Waals surface area contributed by atoms with Crippen LogP contribution in [0.3, 0.4) is 0 Å². The lowest BCUT2D eigenvalue weighted by atomic mass is 9.83. The van der Waals surface area contributed by atoms with Crippen molar-refractivity contribution >= 4 is 34.1 Å². The SMILES string of the molecule is CCC1(C(=O)Nc2ccc(Cl)c3ncccc23)CCNC1. The average molecular weight is 304 g/mol. The largest absolute Gasteiger partial charge is 0.325 e. The van der Waals surface area contributed by atoms with Gasteiger partial charge in [0.25, 0.3) is 0 Å². The van der Waals surface area contributed by atoms with Gasteiger partial charge in [0, 0.05) is 18.1 Å². The highest BCUT2D eigenvalue weighted by molar-refractivity contribution is 6.35. The molecule has 1 unspecified atom stereocenters. The topological polar surface area (TPSA) is 54.0 Å². The van der Waals surface area contributed by atoms with Crippen LogP contribution in [0.2, 0.25) is 5.02 Å². The zero-order valence-corrected chi connectivity index (χ0v) is 12.7. The Labute approximate surface area is 128 Å². The van der Waals surface area contributed by atoms with Gasteiger partial charge in [-0.2, -0.15) is 0 Å². The molecule has 1 atom stereocenters. The van der Waals surface area contributed by atoms with Gasteiger partial charge in [-0.05, 0) is 43.7 Å². The summed E-state index contributed by atoms with van der Waals surface area (Å²) in [5.74, 6) is 0.0717. The molecular weight excluding hydrogens is 286 g/mol. The van der Waals surface area contributed by atoms with Crippen molar-refractivity contribution < 1.29 is 4.79 Å². The van der Waals surface area contributed by atoms with Crippen LogP contribution in [0, 0.1) is 5.41 Å². The second-order valence-corrected chi connectivity index (χ2v) is 5.92. The van der Waals surface area contributed by atoms with Crippen molar-refractivity contribution in [3.63, 3.8) is 0 Å². The van der Waals surface area contributed by atoms with Crippen molar-refractivity contribution in [2.75, 3.05) is 18.4 Å². The summed E-state index contributed by atoms with van der Waals surface area (Å²) in [6.45, 7) is 3.69. The molecule has 4 nitrogen and oxygen atoms in total. The molecule has 0 bridgehead atoms. The van der Waals surface area contributed by atoms with E-state index in [1.165, 1.54) is 0 Å². The molecule has 1 aromatic carbocycles. The highest BCUT2D eigenvalue weighted by Gasteiger charge is 2.39. The molecular formula is C16H18ClN3O. The molecule has 0 saturated carbocycles. The summed E-state index contributed by atoms with van der Waals surface area (Å²) in [4.78, 5) is 17.0. The molecule has 1 amide bonds. The third kappa shape index (κ3) is 2.49. The lowest BCUT2D eigenvalue weighted by molar-refractivity contribution is -0.124. The summed E-state index contributed by atoms with van der Waals surface area (Å²) >= 11 is 6.16. The van der Waals surface area contributed by atoms with Crippen LogP contribution in [0.5, 0.6) is 0 Å². The number of nitrogens with one attached hydrogen (secondary N) is 2. The molecule has 1 aliphatic heterocycles. The number of carbonyl (C=O) groups excluding carboxylic acids is 1. The second-order valence-electron chi connectivity index (χ2n) is 5.51. The van der Waals surface area contributed by atoms with E-state index < -0.39 is 0 Å². The fraction of sp³-hybridized carbons (Fsp3) is 0.375. The number of aromatic nitrogens is 1. The predicted octanol–water partition coefficient (Wildman–Crippen LogP) is 3.22. The minimum atomic E-state index is -0.311. The van der Waals surface area contributed by atoms with Crippen molar-refractivity contribution in [1.82, 2.24) is 10.3 Å². The molecule has 0 spiro atoms. The number of amides is 1. The van der Waals surface area contributed by atoms with Gasteiger partial charge in [0.15, 0.2) is 0 Å². The summed E-state index contributed by atoms with van der Waals surface area (Å²) in [6, 6.07) is 7.39. The summed E-state index contributed by atoms with van der Waals surface area (Å²) in [5.41, 5.74) is 1.17. The van der Waals surface area contributed by atoms with Gasteiger partial charge in [-0.15, -0.1) is 0 Å². The van der Waals surface area contributed by atoms with Crippen LogP contribution in [0.4, 0.5) is 5.69 Å². The Morgan fingerprint density at radius 3 is 3.05 bits per heavy atom. The summed E-state index contributed by atoms with van der Waals surface area (Å²) < 4.78 is 0. The fourth-order valence-electron chi connectivity index (χ4n) is 2.90. The van der Waals surface area contributed by atoms with Crippen LogP contribution >= 0.6 is 11.6 Å². The zero-order chi connectivity index (χ0) is 14.9. The third-order valence-electron chi connectivity index (χ3n) is 4.37. The normalized spacial score (nSPS) is 21.6. The van der Waals surface area contributed by atoms with E-state index in [0.717, 1.165) is 37.0 Å². The Bertz CT molecular complexity index is 680. The van der Waals surface area contributed by atoms with E-state index in [1.807, 2.05) is 18.2 Å². The van der Waals surface area contributed by atoms with Crippen LogP contribution in [-0.2, 0) is 4.79 Å². The number of fused-ring (bicyclic) bond motifs is 1. The van der Waals surface area contributed by atoms with Gasteiger partial charge in [-0.3, -0.25) is 9.78 Å². The minimum Gasteiger partial charge on any atom is -0.325 e. The second kappa shape index (κ2) is 5.62. The zero-order valence-electron chi connectivity index (χ0n) is 11.9. The van der Waals surface area contributed by atoms with E-state index in [9.17, 15) is 4.79 Å². The van der Waals surface area contributed by atoms with Gasteiger partial charge in [0.1, 0.15) is 0 Å². The molecule has 2 heterocycles. The van der Waals surface area contributed by atoms with E-state index in [0.29, 0.717) is 10.5 Å². The Morgan fingerprint density at radius 2 is 2.33 bits per heavy atom. The van der Waals surface area contributed by atoms with Crippen LogP contribution in [0.25, 0.3) is 10.9 Å². The smallest absolute Gasteiger partial charge is 0.231 e. The number of anilines is 1. The van der Waals surface area contributed by atoms with Gasteiger partial charge in [0.05, 0.1) is 21.6 Å². The Balaban J connectivity index is 1.95.